The second kappa shape index (κ2) is 8.30. The van der Waals surface area contributed by atoms with Crippen molar-refractivity contribution in [2.45, 2.75) is 38.2 Å². The number of H-pyrrole nitrogens is 2. The van der Waals surface area contributed by atoms with Crippen LogP contribution in [0.25, 0.3) is 22.3 Å². The molecule has 0 amide bonds. The summed E-state index contributed by atoms with van der Waals surface area (Å²) in [5.41, 5.74) is 4.01. The number of fused-ring (bicyclic) bond motifs is 1. The minimum absolute atomic E-state index is 0.179. The van der Waals surface area contributed by atoms with Gasteiger partial charge >= 0.3 is 0 Å². The lowest BCUT2D eigenvalue weighted by Gasteiger charge is -2.16. The number of nitrogens with one attached hydrogen (secondary N) is 4. The standard InChI is InChI=1S/C23H22F2N8O/c1-12-7-17(33-32-12)13-3-4-16(18(8-13)34-2)29-22-30-20-19(14(10-26)11-27-20)21(31-22)28-15-5-6-23(24,25)9-15/h3-4,7-8,11,15H,5-6,9H2,1-2H3,(H,32,33)(H3,27,28,29,30,31). The number of hydrogen-bond acceptors (Lipinski definition) is 7. The number of anilines is 3. The Morgan fingerprint density at radius 1 is 1.26 bits per heavy atom. The summed E-state index contributed by atoms with van der Waals surface area (Å²) >= 11 is 0. The average molecular weight is 464 g/mol. The molecule has 5 rings (SSSR count). The number of nitriles is 1. The van der Waals surface area contributed by atoms with E-state index in [9.17, 15) is 14.0 Å². The third kappa shape index (κ3) is 4.10. The molecule has 1 fully saturated rings. The van der Waals surface area contributed by atoms with E-state index in [1.807, 2.05) is 31.2 Å². The summed E-state index contributed by atoms with van der Waals surface area (Å²) in [7, 11) is 1.56. The summed E-state index contributed by atoms with van der Waals surface area (Å²) in [6.45, 7) is 1.90. The van der Waals surface area contributed by atoms with Crippen molar-refractivity contribution in [3.05, 3.63) is 41.7 Å². The molecule has 1 saturated carbocycles. The normalized spacial score (nSPS) is 17.0. The van der Waals surface area contributed by atoms with Crippen molar-refractivity contribution in [2.75, 3.05) is 17.7 Å². The summed E-state index contributed by atoms with van der Waals surface area (Å²) in [5, 5.41) is 23.3. The van der Waals surface area contributed by atoms with E-state index in [1.54, 1.807) is 7.11 Å². The minimum atomic E-state index is -2.70. The highest BCUT2D eigenvalue weighted by molar-refractivity contribution is 5.94. The molecule has 1 unspecified atom stereocenters. The Morgan fingerprint density at radius 2 is 2.12 bits per heavy atom. The number of aromatic amines is 2. The van der Waals surface area contributed by atoms with Crippen LogP contribution in [0, 0.1) is 18.3 Å². The molecular weight excluding hydrogens is 442 g/mol. The molecule has 174 valence electrons. The van der Waals surface area contributed by atoms with Crippen LogP contribution in [-0.2, 0) is 0 Å². The van der Waals surface area contributed by atoms with Crippen molar-refractivity contribution in [1.29, 1.82) is 5.26 Å². The lowest BCUT2D eigenvalue weighted by atomic mass is 10.1. The van der Waals surface area contributed by atoms with Gasteiger partial charge in [0.1, 0.15) is 23.3 Å². The summed E-state index contributed by atoms with van der Waals surface area (Å²) in [6.07, 6.45) is 1.38. The van der Waals surface area contributed by atoms with E-state index in [2.05, 4.69) is 41.9 Å². The number of rotatable bonds is 6. The van der Waals surface area contributed by atoms with Gasteiger partial charge in [0, 0.05) is 30.6 Å². The molecule has 4 aromatic rings. The van der Waals surface area contributed by atoms with E-state index in [1.165, 1.54) is 6.20 Å². The van der Waals surface area contributed by atoms with Gasteiger partial charge in [-0.3, -0.25) is 5.10 Å². The maximum atomic E-state index is 13.7. The van der Waals surface area contributed by atoms with E-state index in [0.29, 0.717) is 40.3 Å². The molecule has 34 heavy (non-hydrogen) atoms. The Hall–Kier alpha value is -4.20. The number of aryl methyl sites for hydroxylation is 1. The highest BCUT2D eigenvalue weighted by atomic mass is 19.3. The Morgan fingerprint density at radius 3 is 2.79 bits per heavy atom. The number of alkyl halides is 2. The van der Waals surface area contributed by atoms with Gasteiger partial charge in [-0.2, -0.15) is 20.3 Å². The fourth-order valence-corrected chi connectivity index (χ4v) is 4.20. The lowest BCUT2D eigenvalue weighted by molar-refractivity contribution is 0.00852. The van der Waals surface area contributed by atoms with Crippen LogP contribution in [0.1, 0.15) is 30.5 Å². The molecule has 0 bridgehead atoms. The zero-order valence-electron chi connectivity index (χ0n) is 18.5. The van der Waals surface area contributed by atoms with E-state index < -0.39 is 12.0 Å². The molecular formula is C23H22F2N8O. The molecule has 3 heterocycles. The van der Waals surface area contributed by atoms with E-state index in [4.69, 9.17) is 4.74 Å². The molecule has 1 aliphatic rings. The van der Waals surface area contributed by atoms with Crippen LogP contribution >= 0.6 is 0 Å². The van der Waals surface area contributed by atoms with Crippen molar-refractivity contribution in [3.8, 4) is 23.1 Å². The largest absolute Gasteiger partial charge is 0.495 e. The van der Waals surface area contributed by atoms with Gasteiger partial charge in [0.05, 0.1) is 35.1 Å². The van der Waals surface area contributed by atoms with Crippen molar-refractivity contribution in [1.82, 2.24) is 25.1 Å². The van der Waals surface area contributed by atoms with Gasteiger partial charge in [-0.05, 0) is 31.5 Å². The topological polar surface area (TPSA) is 127 Å². The molecule has 0 radical (unpaired) electrons. The third-order valence-corrected chi connectivity index (χ3v) is 5.86. The van der Waals surface area contributed by atoms with Gasteiger partial charge < -0.3 is 20.4 Å². The average Bonchev–Trinajstić information content (AvgIpc) is 3.52. The van der Waals surface area contributed by atoms with Gasteiger partial charge in [-0.1, -0.05) is 6.07 Å². The number of benzene rings is 1. The maximum absolute atomic E-state index is 13.7. The molecule has 0 saturated heterocycles. The molecule has 0 aliphatic heterocycles. The van der Waals surface area contributed by atoms with Gasteiger partial charge in [0.15, 0.2) is 0 Å². The Bertz CT molecular complexity index is 1400. The van der Waals surface area contributed by atoms with Gasteiger partial charge in [-0.15, -0.1) is 0 Å². The molecule has 1 aromatic carbocycles. The fraction of sp³-hybridized carbons (Fsp3) is 0.304. The Kier molecular flexibility index (Phi) is 5.28. The van der Waals surface area contributed by atoms with E-state index >= 15 is 0 Å². The predicted octanol–water partition coefficient (Wildman–Crippen LogP) is 4.88. The molecule has 0 spiro atoms. The molecule has 9 nitrogen and oxygen atoms in total. The van der Waals surface area contributed by atoms with Gasteiger partial charge in [0.2, 0.25) is 11.9 Å². The predicted molar refractivity (Wildman–Crippen MR) is 123 cm³/mol. The number of methoxy groups -OCH3 is 1. The number of hydrogen-bond donors (Lipinski definition) is 4. The van der Waals surface area contributed by atoms with Crippen molar-refractivity contribution < 1.29 is 13.5 Å². The smallest absolute Gasteiger partial charge is 0.250 e. The monoisotopic (exact) mass is 464 g/mol. The van der Waals surface area contributed by atoms with Crippen LogP contribution < -0.4 is 15.4 Å². The third-order valence-electron chi connectivity index (χ3n) is 5.86. The number of nitrogens with zero attached hydrogens (tertiary/aromatic N) is 4. The van der Waals surface area contributed by atoms with Crippen molar-refractivity contribution >= 4 is 28.5 Å². The first kappa shape index (κ1) is 21.6. The molecule has 4 N–H and O–H groups in total. The first-order valence-corrected chi connectivity index (χ1v) is 10.8. The molecule has 1 aliphatic carbocycles. The van der Waals surface area contributed by atoms with E-state index in [0.717, 1.165) is 17.0 Å². The van der Waals surface area contributed by atoms with Crippen LogP contribution in [0.2, 0.25) is 0 Å². The van der Waals surface area contributed by atoms with Crippen LogP contribution in [0.5, 0.6) is 5.75 Å². The zero-order chi connectivity index (χ0) is 23.9. The minimum Gasteiger partial charge on any atom is -0.495 e. The molecule has 1 atom stereocenters. The van der Waals surface area contributed by atoms with Crippen molar-refractivity contribution in [3.63, 3.8) is 0 Å². The van der Waals surface area contributed by atoms with Crippen LogP contribution in [0.4, 0.5) is 26.2 Å². The summed E-state index contributed by atoms with van der Waals surface area (Å²) in [5.74, 6) is -1.59. The van der Waals surface area contributed by atoms with Crippen molar-refractivity contribution in [2.24, 2.45) is 0 Å². The van der Waals surface area contributed by atoms with Gasteiger partial charge in [0.25, 0.3) is 0 Å². The van der Waals surface area contributed by atoms with E-state index in [-0.39, 0.29) is 18.8 Å². The fourth-order valence-electron chi connectivity index (χ4n) is 4.20. The van der Waals surface area contributed by atoms with Crippen LogP contribution in [0.15, 0.2) is 30.5 Å². The summed E-state index contributed by atoms with van der Waals surface area (Å²) < 4.78 is 33.0. The first-order chi connectivity index (χ1) is 16.3. The summed E-state index contributed by atoms with van der Waals surface area (Å²) in [6, 6.07) is 9.17. The molecule has 11 heteroatoms. The maximum Gasteiger partial charge on any atom is 0.250 e. The highest BCUT2D eigenvalue weighted by Gasteiger charge is 2.39. The van der Waals surface area contributed by atoms with Crippen LogP contribution in [-0.4, -0.2) is 44.2 Å². The molecule has 3 aromatic heterocycles. The first-order valence-electron chi connectivity index (χ1n) is 10.8. The number of aromatic nitrogens is 5. The number of halogens is 2. The zero-order valence-corrected chi connectivity index (χ0v) is 18.5. The second-order valence-corrected chi connectivity index (χ2v) is 8.34. The highest BCUT2D eigenvalue weighted by Crippen LogP contribution is 2.38. The second-order valence-electron chi connectivity index (χ2n) is 8.34. The Balaban J connectivity index is 1.49. The Labute approximate surface area is 193 Å². The summed E-state index contributed by atoms with van der Waals surface area (Å²) in [4.78, 5) is 12.0. The van der Waals surface area contributed by atoms with Crippen LogP contribution in [0.3, 0.4) is 0 Å². The lowest BCUT2D eigenvalue weighted by Crippen LogP contribution is -2.20. The van der Waals surface area contributed by atoms with Gasteiger partial charge in [-0.25, -0.2) is 8.78 Å². The number of ether oxygens (including phenoxy) is 1. The quantitative estimate of drug-likeness (QED) is 0.320. The SMILES string of the molecule is COc1cc(-c2cc(C)n[nH]2)ccc1Nc1nc(NC2CCC(F)(F)C2)c2c(C#N)c[nH]c2n1.